The fourth-order valence-electron chi connectivity index (χ4n) is 3.01. The zero-order valence-corrected chi connectivity index (χ0v) is 12.7. The van der Waals surface area contributed by atoms with Crippen LogP contribution in [-0.4, -0.2) is 28.6 Å². The Hall–Kier alpha value is -1.95. The molecular weight excluding hydrogens is 284 g/mol. The van der Waals surface area contributed by atoms with Crippen LogP contribution in [0.4, 0.5) is 5.69 Å². The fraction of sp³-hybridized carbons (Fsp3) is 0.562. The summed E-state index contributed by atoms with van der Waals surface area (Å²) in [6.45, 7) is 1.81. The summed E-state index contributed by atoms with van der Waals surface area (Å²) in [4.78, 5) is 22.8. The largest absolute Gasteiger partial charge is 0.396 e. The van der Waals surface area contributed by atoms with Crippen molar-refractivity contribution in [3.63, 3.8) is 0 Å². The Kier molecular flexibility index (Phi) is 5.49. The first kappa shape index (κ1) is 16.4. The van der Waals surface area contributed by atoms with Crippen molar-refractivity contribution in [2.75, 3.05) is 6.61 Å². The summed E-state index contributed by atoms with van der Waals surface area (Å²) in [5.74, 6) is -0.239. The lowest BCUT2D eigenvalue weighted by molar-refractivity contribution is -0.384. The van der Waals surface area contributed by atoms with Crippen LogP contribution in [0.3, 0.4) is 0 Å². The number of carbonyl (C=O) groups is 1. The monoisotopic (exact) mass is 306 g/mol. The summed E-state index contributed by atoms with van der Waals surface area (Å²) in [6, 6.07) is 4.23. The first-order valence-electron chi connectivity index (χ1n) is 7.69. The second-order valence-corrected chi connectivity index (χ2v) is 5.92. The number of nitrogens with zero attached hydrogens (tertiary/aromatic N) is 1. The average molecular weight is 306 g/mol. The number of non-ortho nitro benzene ring substituents is 1. The zero-order chi connectivity index (χ0) is 16.1. The van der Waals surface area contributed by atoms with Gasteiger partial charge in [-0.25, -0.2) is 0 Å². The van der Waals surface area contributed by atoms with E-state index in [1.54, 1.807) is 13.0 Å². The Morgan fingerprint density at radius 2 is 2.09 bits per heavy atom. The summed E-state index contributed by atoms with van der Waals surface area (Å²) < 4.78 is 0. The molecule has 6 heteroatoms. The minimum absolute atomic E-state index is 0.0544. The van der Waals surface area contributed by atoms with Crippen LogP contribution in [0.5, 0.6) is 0 Å². The molecule has 0 saturated heterocycles. The minimum atomic E-state index is -0.502. The van der Waals surface area contributed by atoms with Crippen molar-refractivity contribution in [1.82, 2.24) is 5.32 Å². The Morgan fingerprint density at radius 3 is 2.77 bits per heavy atom. The van der Waals surface area contributed by atoms with Gasteiger partial charge in [-0.05, 0) is 25.3 Å². The van der Waals surface area contributed by atoms with Crippen molar-refractivity contribution >= 4 is 11.6 Å². The Balaban J connectivity index is 2.17. The number of carbonyl (C=O) groups excluding carboxylic acids is 1. The first-order chi connectivity index (χ1) is 10.5. The van der Waals surface area contributed by atoms with Crippen molar-refractivity contribution < 1.29 is 14.8 Å². The summed E-state index contributed by atoms with van der Waals surface area (Å²) in [6.07, 6.45) is 4.93. The molecular formula is C16H22N2O4. The van der Waals surface area contributed by atoms with Crippen LogP contribution in [0.25, 0.3) is 0 Å². The van der Waals surface area contributed by atoms with Gasteiger partial charge in [-0.1, -0.05) is 25.3 Å². The highest BCUT2D eigenvalue weighted by molar-refractivity contribution is 5.96. The molecule has 0 spiro atoms. The number of nitro groups is 1. The third kappa shape index (κ3) is 3.82. The van der Waals surface area contributed by atoms with Gasteiger partial charge in [0.2, 0.25) is 0 Å². The summed E-state index contributed by atoms with van der Waals surface area (Å²) in [7, 11) is 0. The molecule has 22 heavy (non-hydrogen) atoms. The van der Waals surface area contributed by atoms with E-state index in [2.05, 4.69) is 5.32 Å². The molecule has 0 heterocycles. The Bertz CT molecular complexity index is 559. The third-order valence-corrected chi connectivity index (χ3v) is 4.39. The zero-order valence-electron chi connectivity index (χ0n) is 12.7. The lowest BCUT2D eigenvalue weighted by Gasteiger charge is -2.24. The van der Waals surface area contributed by atoms with Gasteiger partial charge in [0.25, 0.3) is 11.6 Å². The maximum atomic E-state index is 12.5. The number of aliphatic hydroxyl groups excluding tert-OH is 1. The second-order valence-electron chi connectivity index (χ2n) is 5.92. The molecule has 0 aromatic heterocycles. The van der Waals surface area contributed by atoms with Crippen molar-refractivity contribution in [3.05, 3.63) is 39.4 Å². The summed E-state index contributed by atoms with van der Waals surface area (Å²) in [5, 5.41) is 23.3. The van der Waals surface area contributed by atoms with Crippen LogP contribution in [0.15, 0.2) is 18.2 Å². The van der Waals surface area contributed by atoms with Gasteiger partial charge in [0, 0.05) is 36.3 Å². The number of rotatable bonds is 4. The smallest absolute Gasteiger partial charge is 0.270 e. The number of hydrogen-bond donors (Lipinski definition) is 2. The molecule has 1 saturated carbocycles. The van der Waals surface area contributed by atoms with Crippen LogP contribution < -0.4 is 5.32 Å². The van der Waals surface area contributed by atoms with E-state index in [0.717, 1.165) is 32.1 Å². The van der Waals surface area contributed by atoms with Crippen molar-refractivity contribution in [3.8, 4) is 0 Å². The first-order valence-corrected chi connectivity index (χ1v) is 7.69. The second kappa shape index (κ2) is 7.35. The van der Waals surface area contributed by atoms with Gasteiger partial charge < -0.3 is 10.4 Å². The highest BCUT2D eigenvalue weighted by Gasteiger charge is 2.26. The van der Waals surface area contributed by atoms with Gasteiger partial charge >= 0.3 is 0 Å². The number of benzene rings is 1. The van der Waals surface area contributed by atoms with E-state index in [0.29, 0.717) is 11.1 Å². The highest BCUT2D eigenvalue weighted by Crippen LogP contribution is 2.24. The number of aryl methyl sites for hydroxylation is 1. The summed E-state index contributed by atoms with van der Waals surface area (Å²) >= 11 is 0. The molecule has 120 valence electrons. The van der Waals surface area contributed by atoms with Gasteiger partial charge in [-0.2, -0.15) is 0 Å². The molecule has 0 radical (unpaired) electrons. The van der Waals surface area contributed by atoms with Crippen LogP contribution in [-0.2, 0) is 0 Å². The van der Waals surface area contributed by atoms with Crippen molar-refractivity contribution in [1.29, 1.82) is 0 Å². The molecule has 1 amide bonds. The predicted molar refractivity (Wildman–Crippen MR) is 82.7 cm³/mol. The number of aliphatic hydroxyl groups is 1. The van der Waals surface area contributed by atoms with E-state index in [9.17, 15) is 20.0 Å². The molecule has 1 fully saturated rings. The topological polar surface area (TPSA) is 92.5 Å². The fourth-order valence-corrected chi connectivity index (χ4v) is 3.01. The average Bonchev–Trinajstić information content (AvgIpc) is 2.72. The molecule has 1 aliphatic rings. The van der Waals surface area contributed by atoms with Crippen molar-refractivity contribution in [2.45, 2.75) is 45.1 Å². The SMILES string of the molecule is Cc1ccc([N+](=O)[O-])cc1C(=O)NC1CCCCCC1CO. The Labute approximate surface area is 129 Å². The van der Waals surface area contributed by atoms with Crippen LogP contribution in [0.1, 0.15) is 48.0 Å². The quantitative estimate of drug-likeness (QED) is 0.508. The van der Waals surface area contributed by atoms with Crippen molar-refractivity contribution in [2.24, 2.45) is 5.92 Å². The molecule has 6 nitrogen and oxygen atoms in total. The number of hydrogen-bond acceptors (Lipinski definition) is 4. The van der Waals surface area contributed by atoms with Gasteiger partial charge in [-0.15, -0.1) is 0 Å². The number of nitro benzene ring substituents is 1. The maximum absolute atomic E-state index is 12.5. The lowest BCUT2D eigenvalue weighted by atomic mass is 9.95. The predicted octanol–water partition coefficient (Wildman–Crippen LogP) is 2.57. The summed E-state index contributed by atoms with van der Waals surface area (Å²) in [5.41, 5.74) is 0.947. The molecule has 2 rings (SSSR count). The van der Waals surface area contributed by atoms with E-state index in [4.69, 9.17) is 0 Å². The molecule has 1 aromatic rings. The molecule has 2 N–H and O–H groups in total. The van der Waals surface area contributed by atoms with Gasteiger partial charge in [0.1, 0.15) is 0 Å². The lowest BCUT2D eigenvalue weighted by Crippen LogP contribution is -2.41. The normalized spacial score (nSPS) is 21.9. The molecule has 2 atom stereocenters. The molecule has 2 unspecified atom stereocenters. The number of nitrogens with one attached hydrogen (secondary N) is 1. The van der Waals surface area contributed by atoms with E-state index in [1.807, 2.05) is 0 Å². The van der Waals surface area contributed by atoms with Gasteiger partial charge in [-0.3, -0.25) is 14.9 Å². The van der Waals surface area contributed by atoms with E-state index in [1.165, 1.54) is 12.1 Å². The van der Waals surface area contributed by atoms with Crippen LogP contribution >= 0.6 is 0 Å². The van der Waals surface area contributed by atoms with Crippen LogP contribution in [0, 0.1) is 23.0 Å². The molecule has 0 aliphatic heterocycles. The van der Waals surface area contributed by atoms with Gasteiger partial charge in [0.15, 0.2) is 0 Å². The number of amides is 1. The Morgan fingerprint density at radius 1 is 1.36 bits per heavy atom. The highest BCUT2D eigenvalue weighted by atomic mass is 16.6. The van der Waals surface area contributed by atoms with Crippen LogP contribution in [0.2, 0.25) is 0 Å². The standard InChI is InChI=1S/C16H22N2O4/c1-11-7-8-13(18(21)22)9-14(11)16(20)17-15-6-4-2-3-5-12(15)10-19/h7-9,12,15,19H,2-6,10H2,1H3,(H,17,20). The molecule has 1 aromatic carbocycles. The van der Waals surface area contributed by atoms with Gasteiger partial charge in [0.05, 0.1) is 4.92 Å². The minimum Gasteiger partial charge on any atom is -0.396 e. The van der Waals surface area contributed by atoms with E-state index >= 15 is 0 Å². The van der Waals surface area contributed by atoms with E-state index in [-0.39, 0.29) is 30.2 Å². The van der Waals surface area contributed by atoms with E-state index < -0.39 is 4.92 Å². The molecule has 0 bridgehead atoms. The third-order valence-electron chi connectivity index (χ3n) is 4.39. The maximum Gasteiger partial charge on any atom is 0.270 e. The molecule has 1 aliphatic carbocycles.